The maximum atomic E-state index is 14.0. The Balaban J connectivity index is 1.10. The van der Waals surface area contributed by atoms with Gasteiger partial charge in [-0.1, -0.05) is 66.7 Å². The van der Waals surface area contributed by atoms with E-state index in [-0.39, 0.29) is 36.2 Å². The molecule has 0 unspecified atom stereocenters. The number of imide groups is 1. The summed E-state index contributed by atoms with van der Waals surface area (Å²) in [6, 6.07) is 34.5. The van der Waals surface area contributed by atoms with Gasteiger partial charge in [0.1, 0.15) is 5.75 Å². The summed E-state index contributed by atoms with van der Waals surface area (Å²) in [5.74, 6) is -1.45. The number of ether oxygens (including phenoxy) is 1. The van der Waals surface area contributed by atoms with Crippen LogP contribution in [0.5, 0.6) is 5.75 Å². The first-order valence-electron chi connectivity index (χ1n) is 15.8. The SMILES string of the molecule is O=C1[C@@H]2[C@@H](CC(CO)=C3[C@@H](CC/C(=C/c4ccc(O)cc4)c4ccccc4)OC[C@@H]32)C(=O)N1c1ccc(Nc2ccccc2)cc1. The van der Waals surface area contributed by atoms with Gasteiger partial charge in [-0.25, -0.2) is 0 Å². The molecule has 2 amide bonds. The number of hydrogen-bond acceptors (Lipinski definition) is 6. The standard InChI is InChI=1S/C39H36N2O5/c42-23-28-22-33-37(39(45)41(38(33)44)31-16-14-30(15-17-31)40-29-9-5-2-6-10-29)34-24-46-35(36(28)34)20-13-27(26-7-3-1-4-8-26)21-25-11-18-32(43)19-12-25/h1-12,14-19,21,33-35,37,40,42-43H,13,20,22-24H2/b27-21-/t33-,34+,35-,37-/m1/s1. The van der Waals surface area contributed by atoms with Crippen LogP contribution in [0.4, 0.5) is 17.1 Å². The van der Waals surface area contributed by atoms with Gasteiger partial charge in [-0.05, 0) is 95.6 Å². The Morgan fingerprint density at radius 3 is 2.20 bits per heavy atom. The molecule has 7 heteroatoms. The Bertz CT molecular complexity index is 1780. The van der Waals surface area contributed by atoms with E-state index in [0.29, 0.717) is 31.6 Å². The number of allylic oxidation sites excluding steroid dienone is 1. The average molecular weight is 613 g/mol. The van der Waals surface area contributed by atoms with Gasteiger partial charge in [0, 0.05) is 17.3 Å². The molecule has 232 valence electrons. The maximum absolute atomic E-state index is 14.0. The Kier molecular flexibility index (Phi) is 8.26. The Morgan fingerprint density at radius 1 is 0.826 bits per heavy atom. The smallest absolute Gasteiger partial charge is 0.238 e. The molecule has 7 rings (SSSR count). The topological polar surface area (TPSA) is 99.1 Å². The first kappa shape index (κ1) is 29.7. The lowest BCUT2D eigenvalue weighted by molar-refractivity contribution is -0.122. The first-order chi connectivity index (χ1) is 22.5. The van der Waals surface area contributed by atoms with Gasteiger partial charge in [0.05, 0.1) is 36.8 Å². The van der Waals surface area contributed by atoms with Crippen molar-refractivity contribution in [3.63, 3.8) is 0 Å². The molecule has 3 N–H and O–H groups in total. The molecule has 0 radical (unpaired) electrons. The minimum absolute atomic E-state index is 0.162. The number of para-hydroxylation sites is 1. The number of rotatable bonds is 9. The summed E-state index contributed by atoms with van der Waals surface area (Å²) in [5, 5.41) is 23.5. The van der Waals surface area contributed by atoms with Crippen molar-refractivity contribution in [3.8, 4) is 5.75 Å². The van der Waals surface area contributed by atoms with E-state index in [1.807, 2.05) is 72.8 Å². The highest BCUT2D eigenvalue weighted by Crippen LogP contribution is 2.50. The highest BCUT2D eigenvalue weighted by Gasteiger charge is 2.57. The second-order valence-corrected chi connectivity index (χ2v) is 12.2. The summed E-state index contributed by atoms with van der Waals surface area (Å²) in [6.45, 7) is 0.185. The second kappa shape index (κ2) is 12.8. The highest BCUT2D eigenvalue weighted by molar-refractivity contribution is 6.22. The number of fused-ring (bicyclic) bond motifs is 3. The van der Waals surface area contributed by atoms with Crippen molar-refractivity contribution in [1.29, 1.82) is 0 Å². The molecular weight excluding hydrogens is 576 g/mol. The number of hydrogen-bond donors (Lipinski definition) is 3. The zero-order valence-corrected chi connectivity index (χ0v) is 25.4. The van der Waals surface area contributed by atoms with Crippen molar-refractivity contribution in [2.75, 3.05) is 23.4 Å². The number of carbonyl (C=O) groups is 2. The third kappa shape index (κ3) is 5.75. The Labute approximate surface area is 268 Å². The molecule has 2 aliphatic heterocycles. The van der Waals surface area contributed by atoms with Crippen molar-refractivity contribution < 1.29 is 24.5 Å². The lowest BCUT2D eigenvalue weighted by Crippen LogP contribution is -2.35. The molecule has 2 heterocycles. The highest BCUT2D eigenvalue weighted by atomic mass is 16.5. The monoisotopic (exact) mass is 612 g/mol. The Morgan fingerprint density at radius 2 is 1.50 bits per heavy atom. The van der Waals surface area contributed by atoms with Gasteiger partial charge in [-0.3, -0.25) is 14.5 Å². The number of anilines is 3. The Hall–Kier alpha value is -4.98. The predicted molar refractivity (Wildman–Crippen MR) is 179 cm³/mol. The summed E-state index contributed by atoms with van der Waals surface area (Å²) in [4.78, 5) is 29.1. The number of aliphatic hydroxyl groups is 1. The van der Waals surface area contributed by atoms with Gasteiger partial charge in [-0.15, -0.1) is 0 Å². The fourth-order valence-corrected chi connectivity index (χ4v) is 7.27. The van der Waals surface area contributed by atoms with Gasteiger partial charge < -0.3 is 20.3 Å². The van der Waals surface area contributed by atoms with E-state index < -0.39 is 11.8 Å². The van der Waals surface area contributed by atoms with E-state index in [9.17, 15) is 19.8 Å². The van der Waals surface area contributed by atoms with Crippen LogP contribution in [0.25, 0.3) is 11.6 Å². The lowest BCUT2D eigenvalue weighted by Gasteiger charge is -2.31. The van der Waals surface area contributed by atoms with Gasteiger partial charge in [0.25, 0.3) is 0 Å². The number of amides is 2. The zero-order valence-electron chi connectivity index (χ0n) is 25.4. The van der Waals surface area contributed by atoms with Crippen molar-refractivity contribution in [2.24, 2.45) is 17.8 Å². The van der Waals surface area contributed by atoms with Crippen LogP contribution in [0.2, 0.25) is 0 Å². The largest absolute Gasteiger partial charge is 0.508 e. The number of phenols is 1. The van der Waals surface area contributed by atoms with Crippen molar-refractivity contribution >= 4 is 40.5 Å². The zero-order chi connectivity index (χ0) is 31.6. The number of aliphatic hydroxyl groups excluding tert-OH is 1. The fourth-order valence-electron chi connectivity index (χ4n) is 7.27. The summed E-state index contributed by atoms with van der Waals surface area (Å²) in [7, 11) is 0. The number of aromatic hydroxyl groups is 1. The molecule has 1 aliphatic carbocycles. The number of nitrogens with one attached hydrogen (secondary N) is 1. The molecule has 7 nitrogen and oxygen atoms in total. The summed E-state index contributed by atoms with van der Waals surface area (Å²) in [6.07, 6.45) is 3.61. The van der Waals surface area contributed by atoms with Crippen LogP contribution in [-0.4, -0.2) is 41.3 Å². The van der Waals surface area contributed by atoms with Crippen LogP contribution in [0.3, 0.4) is 0 Å². The number of benzene rings is 4. The lowest BCUT2D eigenvalue weighted by atomic mass is 9.69. The summed E-state index contributed by atoms with van der Waals surface area (Å²) >= 11 is 0. The van der Waals surface area contributed by atoms with Crippen LogP contribution in [0.15, 0.2) is 120 Å². The minimum atomic E-state index is -0.512. The molecule has 0 aromatic heterocycles. The predicted octanol–water partition coefficient (Wildman–Crippen LogP) is 6.97. The molecule has 2 fully saturated rings. The molecule has 46 heavy (non-hydrogen) atoms. The second-order valence-electron chi connectivity index (χ2n) is 12.2. The van der Waals surface area contributed by atoms with Crippen LogP contribution in [0.1, 0.15) is 30.4 Å². The van der Waals surface area contributed by atoms with E-state index >= 15 is 0 Å². The quantitative estimate of drug-likeness (QED) is 0.107. The number of carbonyl (C=O) groups excluding carboxylic acids is 2. The summed E-state index contributed by atoms with van der Waals surface area (Å²) < 4.78 is 6.37. The van der Waals surface area contributed by atoms with Crippen LogP contribution < -0.4 is 10.2 Å². The van der Waals surface area contributed by atoms with Crippen molar-refractivity contribution in [1.82, 2.24) is 0 Å². The van der Waals surface area contributed by atoms with Gasteiger partial charge in [0.15, 0.2) is 0 Å². The third-order valence-electron chi connectivity index (χ3n) is 9.44. The molecule has 4 aromatic carbocycles. The van der Waals surface area contributed by atoms with Crippen molar-refractivity contribution in [3.05, 3.63) is 131 Å². The van der Waals surface area contributed by atoms with E-state index in [1.54, 1.807) is 24.3 Å². The number of nitrogens with zero attached hydrogens (tertiary/aromatic N) is 1. The molecule has 0 spiro atoms. The average Bonchev–Trinajstić information content (AvgIpc) is 3.62. The van der Waals surface area contributed by atoms with Gasteiger partial charge in [0.2, 0.25) is 11.8 Å². The van der Waals surface area contributed by atoms with Crippen LogP contribution in [0, 0.1) is 17.8 Å². The fraction of sp³-hybridized carbons (Fsp3) is 0.231. The maximum Gasteiger partial charge on any atom is 0.238 e. The molecule has 0 saturated carbocycles. The normalized spacial score (nSPS) is 22.6. The van der Waals surface area contributed by atoms with E-state index in [0.717, 1.165) is 39.2 Å². The summed E-state index contributed by atoms with van der Waals surface area (Å²) in [5.41, 5.74) is 7.39. The molecular formula is C39H36N2O5. The molecule has 0 bridgehead atoms. The van der Waals surface area contributed by atoms with Gasteiger partial charge >= 0.3 is 0 Å². The van der Waals surface area contributed by atoms with E-state index in [2.05, 4.69) is 23.5 Å². The van der Waals surface area contributed by atoms with E-state index in [4.69, 9.17) is 4.74 Å². The molecule has 4 atom stereocenters. The van der Waals surface area contributed by atoms with Gasteiger partial charge in [-0.2, -0.15) is 0 Å². The third-order valence-corrected chi connectivity index (χ3v) is 9.44. The molecule has 4 aromatic rings. The molecule has 2 saturated heterocycles. The number of phenolic OH excluding ortho intramolecular Hbond substituents is 1. The van der Waals surface area contributed by atoms with Crippen LogP contribution in [-0.2, 0) is 14.3 Å². The van der Waals surface area contributed by atoms with Crippen LogP contribution >= 0.6 is 0 Å². The molecule has 3 aliphatic rings. The van der Waals surface area contributed by atoms with E-state index in [1.165, 1.54) is 4.90 Å². The first-order valence-corrected chi connectivity index (χ1v) is 15.8. The minimum Gasteiger partial charge on any atom is -0.508 e. The van der Waals surface area contributed by atoms with Crippen molar-refractivity contribution in [2.45, 2.75) is 25.4 Å².